The first-order chi connectivity index (χ1) is 23.7. The highest BCUT2D eigenvalue weighted by Gasteiger charge is 2.22. The smallest absolute Gasteiger partial charge is 0.0727 e. The predicted octanol–water partition coefficient (Wildman–Crippen LogP) is 11.0. The second-order valence-corrected chi connectivity index (χ2v) is 13.3. The Balaban J connectivity index is 1.21. The van der Waals surface area contributed by atoms with Crippen LogP contribution in [0.4, 0.5) is 0 Å². The van der Waals surface area contributed by atoms with Gasteiger partial charge in [-0.05, 0) is 71.8 Å². The number of para-hydroxylation sites is 2. The van der Waals surface area contributed by atoms with E-state index in [4.69, 9.17) is 5.41 Å². The molecule has 4 heterocycles. The zero-order valence-corrected chi connectivity index (χ0v) is 26.6. The fourth-order valence-electron chi connectivity index (χ4n) is 7.37. The van der Waals surface area contributed by atoms with Gasteiger partial charge in [-0.1, -0.05) is 91.0 Å². The third-order valence-corrected chi connectivity index (χ3v) is 10.7. The molecule has 4 nitrogen and oxygen atoms in total. The number of nitrogens with zero attached hydrogens (tertiary/aromatic N) is 2. The lowest BCUT2D eigenvalue weighted by Crippen LogP contribution is -2.14. The molecular formula is C43H28N4S. The summed E-state index contributed by atoms with van der Waals surface area (Å²) in [6.07, 6.45) is 13.9. The van der Waals surface area contributed by atoms with Crippen molar-refractivity contribution in [1.82, 2.24) is 14.5 Å². The number of allylic oxidation sites excluding steroid dienone is 8. The van der Waals surface area contributed by atoms with Gasteiger partial charge in [-0.3, -0.25) is 0 Å². The Kier molecular flexibility index (Phi) is 5.86. The molecule has 0 fully saturated rings. The van der Waals surface area contributed by atoms with Gasteiger partial charge in [0, 0.05) is 55.1 Å². The molecule has 0 saturated heterocycles. The minimum atomic E-state index is 0.510. The summed E-state index contributed by atoms with van der Waals surface area (Å²) in [5.41, 5.74) is 11.7. The summed E-state index contributed by atoms with van der Waals surface area (Å²) in [6, 6.07) is 41.9. The highest BCUT2D eigenvalue weighted by atomic mass is 32.1. The number of benzene rings is 5. The SMILES string of the molecule is N=C1C=CC=C/C1=C1\C=CC(c2cccc(-n3c4cc5c6ccccc6n(-c6ccccc6)c5cc4c4sc5ccccc5c43)c2)=CN1. The Morgan fingerprint density at radius 2 is 1.31 bits per heavy atom. The van der Waals surface area contributed by atoms with Crippen LogP contribution in [0.15, 0.2) is 169 Å². The Hall–Kier alpha value is -6.17. The van der Waals surface area contributed by atoms with Gasteiger partial charge in [0.15, 0.2) is 0 Å². The summed E-state index contributed by atoms with van der Waals surface area (Å²) < 4.78 is 7.46. The third-order valence-electron chi connectivity index (χ3n) is 9.55. The highest BCUT2D eigenvalue weighted by molar-refractivity contribution is 7.26. The Morgan fingerprint density at radius 1 is 0.562 bits per heavy atom. The van der Waals surface area contributed by atoms with Crippen molar-refractivity contribution in [3.63, 3.8) is 0 Å². The van der Waals surface area contributed by atoms with Crippen molar-refractivity contribution < 1.29 is 0 Å². The number of hydrogen-bond acceptors (Lipinski definition) is 3. The molecule has 0 bridgehead atoms. The summed E-state index contributed by atoms with van der Waals surface area (Å²) in [5, 5.41) is 16.8. The largest absolute Gasteiger partial charge is 0.361 e. The molecule has 0 amide bonds. The van der Waals surface area contributed by atoms with E-state index in [0.29, 0.717) is 5.71 Å². The van der Waals surface area contributed by atoms with Gasteiger partial charge in [-0.25, -0.2) is 0 Å². The highest BCUT2D eigenvalue weighted by Crippen LogP contribution is 2.45. The average Bonchev–Trinajstić information content (AvgIpc) is 3.78. The Labute approximate surface area is 280 Å². The molecule has 5 aromatic carbocycles. The van der Waals surface area contributed by atoms with Crippen LogP contribution in [0.1, 0.15) is 5.56 Å². The number of hydrogen-bond donors (Lipinski definition) is 2. The molecule has 0 atom stereocenters. The molecule has 10 rings (SSSR count). The van der Waals surface area contributed by atoms with Gasteiger partial charge in [0.1, 0.15) is 0 Å². The number of nitrogens with one attached hydrogen (secondary N) is 2. The molecule has 0 spiro atoms. The van der Waals surface area contributed by atoms with Crippen molar-refractivity contribution in [2.24, 2.45) is 0 Å². The molecule has 3 aromatic heterocycles. The fraction of sp³-hybridized carbons (Fsp3) is 0. The fourth-order valence-corrected chi connectivity index (χ4v) is 8.58. The zero-order chi connectivity index (χ0) is 31.8. The van der Waals surface area contributed by atoms with E-state index in [1.165, 1.54) is 53.0 Å². The molecule has 1 aliphatic heterocycles. The van der Waals surface area contributed by atoms with E-state index in [-0.39, 0.29) is 0 Å². The molecule has 0 saturated carbocycles. The molecule has 226 valence electrons. The van der Waals surface area contributed by atoms with E-state index in [0.717, 1.165) is 33.8 Å². The van der Waals surface area contributed by atoms with E-state index in [2.05, 4.69) is 142 Å². The summed E-state index contributed by atoms with van der Waals surface area (Å²) in [7, 11) is 0. The molecule has 2 N–H and O–H groups in total. The van der Waals surface area contributed by atoms with Crippen LogP contribution in [-0.4, -0.2) is 14.8 Å². The number of fused-ring (bicyclic) bond motifs is 8. The first kappa shape index (κ1) is 27.0. The van der Waals surface area contributed by atoms with Crippen LogP contribution in [0.3, 0.4) is 0 Å². The maximum absolute atomic E-state index is 8.33. The molecule has 5 heteroatoms. The zero-order valence-electron chi connectivity index (χ0n) is 25.8. The van der Waals surface area contributed by atoms with Crippen molar-refractivity contribution >= 4 is 75.6 Å². The van der Waals surface area contributed by atoms with Gasteiger partial charge in [0.05, 0.1) is 32.5 Å². The average molecular weight is 633 g/mol. The quantitative estimate of drug-likeness (QED) is 0.200. The van der Waals surface area contributed by atoms with Gasteiger partial charge in [0.25, 0.3) is 0 Å². The van der Waals surface area contributed by atoms with Gasteiger partial charge in [0.2, 0.25) is 0 Å². The predicted molar refractivity (Wildman–Crippen MR) is 204 cm³/mol. The number of rotatable bonds is 3. The first-order valence-corrected chi connectivity index (χ1v) is 16.9. The normalized spacial score (nSPS) is 16.2. The minimum Gasteiger partial charge on any atom is -0.361 e. The number of dihydropyridines is 1. The van der Waals surface area contributed by atoms with Crippen molar-refractivity contribution in [1.29, 1.82) is 5.41 Å². The van der Waals surface area contributed by atoms with E-state index in [1.807, 2.05) is 41.8 Å². The molecule has 0 radical (unpaired) electrons. The van der Waals surface area contributed by atoms with Gasteiger partial charge in [-0.2, -0.15) is 0 Å². The van der Waals surface area contributed by atoms with Gasteiger partial charge in [-0.15, -0.1) is 11.3 Å². The maximum Gasteiger partial charge on any atom is 0.0727 e. The lowest BCUT2D eigenvalue weighted by Gasteiger charge is -2.17. The van der Waals surface area contributed by atoms with E-state index in [1.54, 1.807) is 0 Å². The van der Waals surface area contributed by atoms with Gasteiger partial charge >= 0.3 is 0 Å². The van der Waals surface area contributed by atoms with E-state index >= 15 is 0 Å². The van der Waals surface area contributed by atoms with Crippen molar-refractivity contribution in [2.45, 2.75) is 0 Å². The van der Waals surface area contributed by atoms with Crippen LogP contribution >= 0.6 is 11.3 Å². The Morgan fingerprint density at radius 3 is 2.17 bits per heavy atom. The molecule has 2 aliphatic rings. The van der Waals surface area contributed by atoms with E-state index < -0.39 is 0 Å². The molecule has 8 aromatic rings. The van der Waals surface area contributed by atoms with Crippen LogP contribution in [0.2, 0.25) is 0 Å². The molecular weight excluding hydrogens is 605 g/mol. The number of thiophene rings is 1. The molecule has 1 aliphatic carbocycles. The van der Waals surface area contributed by atoms with Crippen molar-refractivity contribution in [3.8, 4) is 11.4 Å². The standard InChI is InChI=1S/C43H28N4S/c44-36-18-7-4-16-32(36)37-22-21-28(26-45-37)27-11-10-14-30(23-27)47-40-24-34-31-15-5-8-19-38(31)46(29-12-2-1-3-13-29)39(34)25-35(40)43-42(47)33-17-6-9-20-41(33)48-43/h1-26,44-45H/b37-32-,44-36?. The Bertz CT molecular complexity index is 2810. The summed E-state index contributed by atoms with van der Waals surface area (Å²) >= 11 is 1.87. The first-order valence-electron chi connectivity index (χ1n) is 16.1. The van der Waals surface area contributed by atoms with Crippen molar-refractivity contribution in [2.75, 3.05) is 0 Å². The summed E-state index contributed by atoms with van der Waals surface area (Å²) in [5.74, 6) is 0. The topological polar surface area (TPSA) is 45.7 Å². The van der Waals surface area contributed by atoms with Crippen LogP contribution in [-0.2, 0) is 0 Å². The third kappa shape index (κ3) is 3.98. The maximum atomic E-state index is 8.33. The lowest BCUT2D eigenvalue weighted by atomic mass is 9.99. The van der Waals surface area contributed by atoms with Crippen LogP contribution in [0, 0.1) is 5.41 Å². The molecule has 0 unspecified atom stereocenters. The number of aromatic nitrogens is 2. The van der Waals surface area contributed by atoms with Crippen LogP contribution < -0.4 is 5.32 Å². The molecule has 48 heavy (non-hydrogen) atoms. The second kappa shape index (κ2) is 10.4. The van der Waals surface area contributed by atoms with Crippen LogP contribution in [0.25, 0.3) is 70.0 Å². The summed E-state index contributed by atoms with van der Waals surface area (Å²) in [4.78, 5) is 0. The van der Waals surface area contributed by atoms with Crippen LogP contribution in [0.5, 0.6) is 0 Å². The van der Waals surface area contributed by atoms with Gasteiger partial charge < -0.3 is 19.9 Å². The minimum absolute atomic E-state index is 0.510. The monoisotopic (exact) mass is 632 g/mol. The lowest BCUT2D eigenvalue weighted by molar-refractivity contribution is 1.09. The second-order valence-electron chi connectivity index (χ2n) is 12.3. The summed E-state index contributed by atoms with van der Waals surface area (Å²) in [6.45, 7) is 0. The van der Waals surface area contributed by atoms with E-state index in [9.17, 15) is 0 Å². The van der Waals surface area contributed by atoms with Crippen molar-refractivity contribution in [3.05, 3.63) is 175 Å².